The van der Waals surface area contributed by atoms with Crippen LogP contribution in [0.1, 0.15) is 17.3 Å². The van der Waals surface area contributed by atoms with Gasteiger partial charge in [0.25, 0.3) is 0 Å². The maximum absolute atomic E-state index is 13.7. The summed E-state index contributed by atoms with van der Waals surface area (Å²) in [5.74, 6) is 0.0258. The van der Waals surface area contributed by atoms with Gasteiger partial charge in [-0.1, -0.05) is 17.7 Å². The second kappa shape index (κ2) is 5.95. The molecule has 6 heteroatoms. The fourth-order valence-corrected chi connectivity index (χ4v) is 2.10. The molecule has 0 aliphatic heterocycles. The summed E-state index contributed by atoms with van der Waals surface area (Å²) in [5, 5.41) is 0.313. The quantitative estimate of drug-likeness (QED) is 0.935. The molecular weight excluding hydrogens is 269 g/mol. The molecule has 2 aromatic rings. The van der Waals surface area contributed by atoms with Crippen LogP contribution < -0.4 is 10.5 Å². The molecule has 0 radical (unpaired) electrons. The Balaban J connectivity index is 2.23. The monoisotopic (exact) mass is 281 g/mol. The average Bonchev–Trinajstić information content (AvgIpc) is 2.38. The summed E-state index contributed by atoms with van der Waals surface area (Å²) in [6.07, 6.45) is 1.73. The molecule has 0 saturated heterocycles. The van der Waals surface area contributed by atoms with Crippen molar-refractivity contribution < 1.29 is 9.13 Å². The highest BCUT2D eigenvalue weighted by Crippen LogP contribution is 2.26. The zero-order valence-corrected chi connectivity index (χ0v) is 11.1. The van der Waals surface area contributed by atoms with Gasteiger partial charge >= 0.3 is 0 Å². The highest BCUT2D eigenvalue weighted by atomic mass is 35.5. The number of benzene rings is 1. The molecule has 1 heterocycles. The first-order chi connectivity index (χ1) is 9.11. The van der Waals surface area contributed by atoms with Gasteiger partial charge in [0.05, 0.1) is 7.11 Å². The Kier molecular flexibility index (Phi) is 4.29. The molecule has 4 nitrogen and oxygen atoms in total. The lowest BCUT2D eigenvalue weighted by Crippen LogP contribution is -2.16. The van der Waals surface area contributed by atoms with Gasteiger partial charge in [-0.2, -0.15) is 0 Å². The number of nitrogens with two attached hydrogens (primary N) is 1. The van der Waals surface area contributed by atoms with E-state index in [0.717, 1.165) is 0 Å². The van der Waals surface area contributed by atoms with Crippen LogP contribution in [0.15, 0.2) is 30.6 Å². The minimum atomic E-state index is -0.576. The van der Waals surface area contributed by atoms with Gasteiger partial charge in [0.2, 0.25) is 5.88 Å². The van der Waals surface area contributed by atoms with Crippen LogP contribution in [0.25, 0.3) is 0 Å². The molecule has 0 aliphatic rings. The molecule has 0 bridgehead atoms. The Morgan fingerprint density at radius 2 is 2.21 bits per heavy atom. The number of hydrogen-bond acceptors (Lipinski definition) is 4. The minimum Gasteiger partial charge on any atom is -0.481 e. The van der Waals surface area contributed by atoms with Gasteiger partial charge in [0.15, 0.2) is 0 Å². The number of rotatable bonds is 4. The Morgan fingerprint density at radius 3 is 2.89 bits per heavy atom. The van der Waals surface area contributed by atoms with Gasteiger partial charge < -0.3 is 10.5 Å². The van der Waals surface area contributed by atoms with Crippen molar-refractivity contribution >= 4 is 11.6 Å². The average molecular weight is 282 g/mol. The summed E-state index contributed by atoms with van der Waals surface area (Å²) in [7, 11) is 1.51. The van der Waals surface area contributed by atoms with Crippen LogP contribution >= 0.6 is 11.6 Å². The van der Waals surface area contributed by atoms with Crippen molar-refractivity contribution in [3.05, 3.63) is 52.7 Å². The molecule has 19 heavy (non-hydrogen) atoms. The van der Waals surface area contributed by atoms with Crippen molar-refractivity contribution in [2.75, 3.05) is 7.11 Å². The smallest absolute Gasteiger partial charge is 0.216 e. The Hall–Kier alpha value is -1.72. The van der Waals surface area contributed by atoms with Gasteiger partial charge in [-0.3, -0.25) is 0 Å². The summed E-state index contributed by atoms with van der Waals surface area (Å²) in [6, 6.07) is 5.58. The molecule has 0 fully saturated rings. The first kappa shape index (κ1) is 13.7. The molecule has 0 saturated carbocycles. The Morgan fingerprint density at radius 1 is 1.42 bits per heavy atom. The summed E-state index contributed by atoms with van der Waals surface area (Å²) >= 11 is 5.97. The molecule has 1 atom stereocenters. The van der Waals surface area contributed by atoms with E-state index in [1.54, 1.807) is 18.2 Å². The van der Waals surface area contributed by atoms with Gasteiger partial charge in [0.1, 0.15) is 12.1 Å². The number of halogens is 2. The predicted molar refractivity (Wildman–Crippen MR) is 70.6 cm³/mol. The molecule has 1 aromatic heterocycles. The molecule has 1 unspecified atom stereocenters. The largest absolute Gasteiger partial charge is 0.481 e. The van der Waals surface area contributed by atoms with Crippen LogP contribution in [0, 0.1) is 5.82 Å². The van der Waals surface area contributed by atoms with E-state index in [1.165, 1.54) is 19.5 Å². The SMILES string of the molecule is COc1cc(CC(N)c2c(F)cccc2Cl)ncn1. The normalized spacial score (nSPS) is 12.2. The van der Waals surface area contributed by atoms with Crippen LogP contribution in [-0.2, 0) is 6.42 Å². The van der Waals surface area contributed by atoms with Crippen LogP contribution in [0.4, 0.5) is 4.39 Å². The second-order valence-corrected chi connectivity index (χ2v) is 4.40. The predicted octanol–water partition coefficient (Wildman–Crippen LogP) is 2.52. The van der Waals surface area contributed by atoms with Gasteiger partial charge in [-0.05, 0) is 12.1 Å². The number of ether oxygens (including phenoxy) is 1. The summed E-state index contributed by atoms with van der Waals surface area (Å²) in [6.45, 7) is 0. The minimum absolute atomic E-state index is 0.293. The third kappa shape index (κ3) is 3.19. The molecule has 2 N–H and O–H groups in total. The highest BCUT2D eigenvalue weighted by Gasteiger charge is 2.16. The Labute approximate surface area is 115 Å². The second-order valence-electron chi connectivity index (χ2n) is 4.00. The maximum Gasteiger partial charge on any atom is 0.216 e. The topological polar surface area (TPSA) is 61.0 Å². The fourth-order valence-electron chi connectivity index (χ4n) is 1.79. The van der Waals surface area contributed by atoms with Gasteiger partial charge in [-0.25, -0.2) is 14.4 Å². The van der Waals surface area contributed by atoms with E-state index in [1.807, 2.05) is 0 Å². The van der Waals surface area contributed by atoms with Gasteiger partial charge in [-0.15, -0.1) is 0 Å². The molecule has 0 spiro atoms. The van der Waals surface area contributed by atoms with E-state index in [0.29, 0.717) is 28.6 Å². The Bertz CT molecular complexity index is 559. The highest BCUT2D eigenvalue weighted by molar-refractivity contribution is 6.31. The van der Waals surface area contributed by atoms with Crippen LogP contribution in [-0.4, -0.2) is 17.1 Å². The molecule has 0 amide bonds. The molecule has 100 valence electrons. The van der Waals surface area contributed by atoms with Crippen molar-refractivity contribution in [2.24, 2.45) is 5.73 Å². The third-order valence-corrected chi connectivity index (χ3v) is 3.04. The van der Waals surface area contributed by atoms with Crippen LogP contribution in [0.2, 0.25) is 5.02 Å². The van der Waals surface area contributed by atoms with Crippen LogP contribution in [0.3, 0.4) is 0 Å². The van der Waals surface area contributed by atoms with Crippen molar-refractivity contribution in [3.63, 3.8) is 0 Å². The first-order valence-electron chi connectivity index (χ1n) is 5.66. The van der Waals surface area contributed by atoms with E-state index in [4.69, 9.17) is 22.1 Å². The zero-order chi connectivity index (χ0) is 13.8. The van der Waals surface area contributed by atoms with E-state index in [2.05, 4.69) is 9.97 Å². The summed E-state index contributed by atoms with van der Waals surface area (Å²) in [4.78, 5) is 7.97. The molecular formula is C13H13ClFN3O. The van der Waals surface area contributed by atoms with E-state index in [9.17, 15) is 4.39 Å². The van der Waals surface area contributed by atoms with Crippen molar-refractivity contribution in [2.45, 2.75) is 12.5 Å². The number of hydrogen-bond donors (Lipinski definition) is 1. The van der Waals surface area contributed by atoms with E-state index in [-0.39, 0.29) is 0 Å². The lowest BCUT2D eigenvalue weighted by atomic mass is 10.0. The number of methoxy groups -OCH3 is 1. The number of aromatic nitrogens is 2. The van der Waals surface area contributed by atoms with Crippen molar-refractivity contribution in [3.8, 4) is 5.88 Å². The zero-order valence-electron chi connectivity index (χ0n) is 10.3. The lowest BCUT2D eigenvalue weighted by molar-refractivity contribution is 0.395. The molecule has 2 rings (SSSR count). The third-order valence-electron chi connectivity index (χ3n) is 2.71. The fraction of sp³-hybridized carbons (Fsp3) is 0.231. The van der Waals surface area contributed by atoms with Crippen LogP contribution in [0.5, 0.6) is 5.88 Å². The standard InChI is InChI=1S/C13H13ClFN3O/c1-19-12-6-8(17-7-18-12)5-11(16)13-9(14)3-2-4-10(13)15/h2-4,6-7,11H,5,16H2,1H3. The van der Waals surface area contributed by atoms with Crippen molar-refractivity contribution in [1.29, 1.82) is 0 Å². The maximum atomic E-state index is 13.7. The summed E-state index contributed by atoms with van der Waals surface area (Å²) < 4.78 is 18.7. The van der Waals surface area contributed by atoms with Gasteiger partial charge in [0, 0.05) is 34.8 Å². The molecule has 1 aromatic carbocycles. The van der Waals surface area contributed by atoms with E-state index < -0.39 is 11.9 Å². The van der Waals surface area contributed by atoms with E-state index >= 15 is 0 Å². The summed E-state index contributed by atoms with van der Waals surface area (Å²) in [5.41, 5.74) is 6.95. The lowest BCUT2D eigenvalue weighted by Gasteiger charge is -2.14. The van der Waals surface area contributed by atoms with Crippen molar-refractivity contribution in [1.82, 2.24) is 9.97 Å². The molecule has 0 aliphatic carbocycles. The first-order valence-corrected chi connectivity index (χ1v) is 6.04. The number of nitrogens with zero attached hydrogens (tertiary/aromatic N) is 2.